The molecule has 0 aliphatic heterocycles. The van der Waals surface area contributed by atoms with Crippen molar-refractivity contribution in [2.75, 3.05) is 5.88 Å². The van der Waals surface area contributed by atoms with Crippen molar-refractivity contribution in [3.63, 3.8) is 0 Å². The third-order valence-electron chi connectivity index (χ3n) is 1.23. The molecule has 0 bridgehead atoms. The first-order valence-electron chi connectivity index (χ1n) is 3.28. The molecule has 2 nitrogen and oxygen atoms in total. The first-order valence-corrected chi connectivity index (χ1v) is 3.82. The van der Waals surface area contributed by atoms with Gasteiger partial charge in [-0.25, -0.2) is 0 Å². The molecule has 0 rings (SSSR count). The molecule has 0 unspecified atom stereocenters. The SMILES string of the molecule is C=C/C=C(C)\C(=C/CCl)NN. The molecule has 0 radical (unpaired) electrons. The van der Waals surface area contributed by atoms with Crippen molar-refractivity contribution in [1.29, 1.82) is 0 Å². The molecule has 0 heterocycles. The van der Waals surface area contributed by atoms with Gasteiger partial charge in [-0.05, 0) is 18.6 Å². The second-order valence-electron chi connectivity index (χ2n) is 2.00. The lowest BCUT2D eigenvalue weighted by Gasteiger charge is -2.04. The van der Waals surface area contributed by atoms with Crippen molar-refractivity contribution >= 4 is 11.6 Å². The quantitative estimate of drug-likeness (QED) is 0.293. The van der Waals surface area contributed by atoms with Gasteiger partial charge in [-0.3, -0.25) is 5.84 Å². The predicted molar refractivity (Wildman–Crippen MR) is 50.1 cm³/mol. The maximum absolute atomic E-state index is 5.49. The van der Waals surface area contributed by atoms with Crippen LogP contribution in [0.3, 0.4) is 0 Å². The summed E-state index contributed by atoms with van der Waals surface area (Å²) < 4.78 is 0. The zero-order chi connectivity index (χ0) is 8.69. The Morgan fingerprint density at radius 3 is 2.73 bits per heavy atom. The van der Waals surface area contributed by atoms with E-state index in [4.69, 9.17) is 17.4 Å². The maximum Gasteiger partial charge on any atom is 0.0486 e. The van der Waals surface area contributed by atoms with Gasteiger partial charge in [0.25, 0.3) is 0 Å². The summed E-state index contributed by atoms with van der Waals surface area (Å²) in [4.78, 5) is 0. The zero-order valence-corrected chi connectivity index (χ0v) is 7.36. The first kappa shape index (κ1) is 10.3. The van der Waals surface area contributed by atoms with E-state index in [2.05, 4.69) is 12.0 Å². The third kappa shape index (κ3) is 3.86. The lowest BCUT2D eigenvalue weighted by atomic mass is 10.2. The topological polar surface area (TPSA) is 38.0 Å². The number of hydrogen-bond donors (Lipinski definition) is 2. The first-order chi connectivity index (χ1) is 5.26. The summed E-state index contributed by atoms with van der Waals surface area (Å²) in [7, 11) is 0. The lowest BCUT2D eigenvalue weighted by molar-refractivity contribution is 0.892. The number of hydrogen-bond acceptors (Lipinski definition) is 2. The van der Waals surface area contributed by atoms with Crippen molar-refractivity contribution in [1.82, 2.24) is 5.43 Å². The van der Waals surface area contributed by atoms with Gasteiger partial charge in [0.2, 0.25) is 0 Å². The summed E-state index contributed by atoms with van der Waals surface area (Å²) >= 11 is 5.49. The zero-order valence-electron chi connectivity index (χ0n) is 6.60. The van der Waals surface area contributed by atoms with E-state index in [9.17, 15) is 0 Å². The van der Waals surface area contributed by atoms with E-state index < -0.39 is 0 Å². The van der Waals surface area contributed by atoms with Crippen LogP contribution in [0.25, 0.3) is 0 Å². The van der Waals surface area contributed by atoms with Crippen LogP contribution in [-0.4, -0.2) is 5.88 Å². The van der Waals surface area contributed by atoms with E-state index in [0.29, 0.717) is 5.88 Å². The number of halogens is 1. The molecule has 3 N–H and O–H groups in total. The van der Waals surface area contributed by atoms with Crippen LogP contribution in [0.5, 0.6) is 0 Å². The van der Waals surface area contributed by atoms with Crippen LogP contribution in [0.2, 0.25) is 0 Å². The molecule has 3 heteroatoms. The van der Waals surface area contributed by atoms with E-state index in [1.165, 1.54) is 0 Å². The molecule has 0 aromatic rings. The van der Waals surface area contributed by atoms with Crippen LogP contribution in [0.4, 0.5) is 0 Å². The molecule has 0 aromatic carbocycles. The van der Waals surface area contributed by atoms with Crippen LogP contribution in [-0.2, 0) is 0 Å². The summed E-state index contributed by atoms with van der Waals surface area (Å²) in [5, 5.41) is 0. The number of hydrazine groups is 1. The Morgan fingerprint density at radius 2 is 2.36 bits per heavy atom. The van der Waals surface area contributed by atoms with Gasteiger partial charge in [-0.2, -0.15) is 0 Å². The summed E-state index contributed by atoms with van der Waals surface area (Å²) in [5.74, 6) is 5.68. The summed E-state index contributed by atoms with van der Waals surface area (Å²) in [6.45, 7) is 5.50. The number of rotatable bonds is 4. The number of nitrogens with one attached hydrogen (secondary N) is 1. The van der Waals surface area contributed by atoms with Crippen molar-refractivity contribution < 1.29 is 0 Å². The molecular formula is C8H13ClN2. The predicted octanol–water partition coefficient (Wildman–Crippen LogP) is 1.70. The minimum absolute atomic E-state index is 0.446. The Kier molecular flexibility index (Phi) is 5.61. The van der Waals surface area contributed by atoms with E-state index in [-0.39, 0.29) is 0 Å². The Labute approximate surface area is 72.4 Å². The Morgan fingerprint density at radius 1 is 1.73 bits per heavy atom. The van der Waals surface area contributed by atoms with Gasteiger partial charge in [0.05, 0.1) is 0 Å². The summed E-state index contributed by atoms with van der Waals surface area (Å²) in [6, 6.07) is 0. The number of allylic oxidation sites excluding steroid dienone is 4. The number of nitrogens with two attached hydrogens (primary N) is 1. The largest absolute Gasteiger partial charge is 0.324 e. The van der Waals surface area contributed by atoms with Crippen LogP contribution in [0.15, 0.2) is 36.1 Å². The minimum atomic E-state index is 0.446. The smallest absolute Gasteiger partial charge is 0.0486 e. The summed E-state index contributed by atoms with van der Waals surface area (Å²) in [5.41, 5.74) is 4.40. The average molecular weight is 173 g/mol. The second-order valence-corrected chi connectivity index (χ2v) is 2.31. The fourth-order valence-corrected chi connectivity index (χ4v) is 0.832. The van der Waals surface area contributed by atoms with Gasteiger partial charge in [0.1, 0.15) is 0 Å². The average Bonchev–Trinajstić information content (AvgIpc) is 2.00. The van der Waals surface area contributed by atoms with E-state index in [1.807, 2.05) is 13.0 Å². The maximum atomic E-state index is 5.49. The summed E-state index contributed by atoms with van der Waals surface area (Å²) in [6.07, 6.45) is 5.36. The normalized spacial score (nSPS) is 13.0. The highest BCUT2D eigenvalue weighted by Gasteiger charge is 1.93. The molecule has 0 aliphatic carbocycles. The van der Waals surface area contributed by atoms with E-state index in [1.54, 1.807) is 12.2 Å². The fourth-order valence-electron chi connectivity index (χ4n) is 0.677. The molecule has 0 atom stereocenters. The van der Waals surface area contributed by atoms with Crippen molar-refractivity contribution in [3.8, 4) is 0 Å². The Bertz CT molecular complexity index is 183. The third-order valence-corrected chi connectivity index (χ3v) is 1.38. The van der Waals surface area contributed by atoms with Gasteiger partial charge < -0.3 is 5.43 Å². The highest BCUT2D eigenvalue weighted by molar-refractivity contribution is 6.18. The van der Waals surface area contributed by atoms with Crippen LogP contribution in [0, 0.1) is 0 Å². The monoisotopic (exact) mass is 172 g/mol. The Balaban J connectivity index is 4.37. The molecule has 0 saturated carbocycles. The lowest BCUT2D eigenvalue weighted by Crippen LogP contribution is -2.21. The van der Waals surface area contributed by atoms with Crippen molar-refractivity contribution in [2.45, 2.75) is 6.92 Å². The second kappa shape index (κ2) is 6.01. The van der Waals surface area contributed by atoms with Gasteiger partial charge >= 0.3 is 0 Å². The van der Waals surface area contributed by atoms with Gasteiger partial charge in [-0.1, -0.05) is 18.7 Å². The van der Waals surface area contributed by atoms with Crippen LogP contribution < -0.4 is 11.3 Å². The van der Waals surface area contributed by atoms with Crippen LogP contribution >= 0.6 is 11.6 Å². The molecule has 0 aromatic heterocycles. The molecule has 0 aliphatic rings. The van der Waals surface area contributed by atoms with E-state index >= 15 is 0 Å². The molecule has 0 amide bonds. The fraction of sp³-hybridized carbons (Fsp3) is 0.250. The van der Waals surface area contributed by atoms with Crippen molar-refractivity contribution in [3.05, 3.63) is 36.1 Å². The van der Waals surface area contributed by atoms with E-state index in [0.717, 1.165) is 11.3 Å². The van der Waals surface area contributed by atoms with Crippen LogP contribution in [0.1, 0.15) is 6.92 Å². The standard InChI is InChI=1S/C8H13ClN2/c1-3-4-7(2)8(11-10)5-6-9/h3-5,11H,1,6,10H2,2H3/b7-4-,8-5+. The highest BCUT2D eigenvalue weighted by Crippen LogP contribution is 2.04. The molecule has 0 spiro atoms. The number of alkyl halides is 1. The molecular weight excluding hydrogens is 160 g/mol. The highest BCUT2D eigenvalue weighted by atomic mass is 35.5. The molecule has 0 fully saturated rings. The molecule has 62 valence electrons. The van der Waals surface area contributed by atoms with Gasteiger partial charge in [0.15, 0.2) is 0 Å². The van der Waals surface area contributed by atoms with Gasteiger partial charge in [0, 0.05) is 11.6 Å². The van der Waals surface area contributed by atoms with Crippen molar-refractivity contribution in [2.24, 2.45) is 5.84 Å². The molecule has 11 heavy (non-hydrogen) atoms. The Hall–Kier alpha value is -0.730. The minimum Gasteiger partial charge on any atom is -0.324 e. The van der Waals surface area contributed by atoms with Gasteiger partial charge in [-0.15, -0.1) is 11.6 Å². The molecule has 0 saturated heterocycles.